The Kier molecular flexibility index (Phi) is 7.34. The monoisotopic (exact) mass is 473 g/mol. The summed E-state index contributed by atoms with van der Waals surface area (Å²) >= 11 is 1.29. The minimum atomic E-state index is -0.395. The van der Waals surface area contributed by atoms with Crippen LogP contribution in [0.4, 0.5) is 5.69 Å². The van der Waals surface area contributed by atoms with Gasteiger partial charge in [-0.25, -0.2) is 4.79 Å². The van der Waals surface area contributed by atoms with Gasteiger partial charge in [-0.2, -0.15) is 0 Å². The number of aromatic nitrogens is 4. The Morgan fingerprint density at radius 3 is 2.35 bits per heavy atom. The van der Waals surface area contributed by atoms with Crippen molar-refractivity contribution in [3.63, 3.8) is 0 Å². The lowest BCUT2D eigenvalue weighted by molar-refractivity contribution is -0.113. The Hall–Kier alpha value is -3.98. The van der Waals surface area contributed by atoms with Crippen LogP contribution in [0.15, 0.2) is 84.3 Å². The summed E-state index contributed by atoms with van der Waals surface area (Å²) in [5.74, 6) is 0.211. The molecule has 172 valence electrons. The van der Waals surface area contributed by atoms with Crippen molar-refractivity contribution in [2.24, 2.45) is 0 Å². The van der Waals surface area contributed by atoms with Gasteiger partial charge in [-0.1, -0.05) is 30.0 Å². The third-order valence-electron chi connectivity index (χ3n) is 4.67. The molecular formula is C25H23N5O3S. The van der Waals surface area contributed by atoms with Crippen LogP contribution in [0.1, 0.15) is 24.2 Å². The first-order chi connectivity index (χ1) is 16.5. The van der Waals surface area contributed by atoms with Crippen molar-refractivity contribution in [1.82, 2.24) is 19.7 Å². The maximum absolute atomic E-state index is 12.6. The van der Waals surface area contributed by atoms with Gasteiger partial charge >= 0.3 is 5.97 Å². The van der Waals surface area contributed by atoms with E-state index >= 15 is 0 Å². The smallest absolute Gasteiger partial charge is 0.338 e. The molecular weight excluding hydrogens is 450 g/mol. The number of rotatable bonds is 8. The van der Waals surface area contributed by atoms with Gasteiger partial charge in [-0.3, -0.25) is 14.3 Å². The molecule has 2 aromatic heterocycles. The van der Waals surface area contributed by atoms with Crippen LogP contribution in [0.2, 0.25) is 0 Å². The number of amides is 1. The molecule has 4 aromatic rings. The first kappa shape index (κ1) is 23.2. The number of ether oxygens (including phenoxy) is 1. The lowest BCUT2D eigenvalue weighted by Crippen LogP contribution is -2.15. The van der Waals surface area contributed by atoms with Crippen molar-refractivity contribution in [2.45, 2.75) is 25.1 Å². The van der Waals surface area contributed by atoms with E-state index in [-0.39, 0.29) is 17.8 Å². The van der Waals surface area contributed by atoms with Gasteiger partial charge in [0.2, 0.25) is 5.91 Å². The first-order valence-corrected chi connectivity index (χ1v) is 11.6. The second kappa shape index (κ2) is 10.8. The highest BCUT2D eigenvalue weighted by molar-refractivity contribution is 7.99. The van der Waals surface area contributed by atoms with Gasteiger partial charge in [-0.05, 0) is 62.4 Å². The fourth-order valence-electron chi connectivity index (χ4n) is 3.16. The Bertz CT molecular complexity index is 1260. The van der Waals surface area contributed by atoms with Crippen LogP contribution in [0.3, 0.4) is 0 Å². The van der Waals surface area contributed by atoms with Crippen molar-refractivity contribution in [3.05, 3.63) is 84.7 Å². The maximum Gasteiger partial charge on any atom is 0.338 e. The number of hydrogen-bond acceptors (Lipinski definition) is 7. The van der Waals surface area contributed by atoms with Crippen LogP contribution in [0.25, 0.3) is 17.1 Å². The summed E-state index contributed by atoms with van der Waals surface area (Å²) < 4.78 is 7.10. The number of esters is 1. The van der Waals surface area contributed by atoms with Crippen molar-refractivity contribution in [3.8, 4) is 17.1 Å². The molecule has 34 heavy (non-hydrogen) atoms. The summed E-state index contributed by atoms with van der Waals surface area (Å²) in [6.45, 7) is 3.59. The zero-order valence-corrected chi connectivity index (χ0v) is 19.5. The largest absolute Gasteiger partial charge is 0.459 e. The quantitative estimate of drug-likeness (QED) is 0.294. The lowest BCUT2D eigenvalue weighted by atomic mass is 10.2. The number of thioether (sulfide) groups is 1. The van der Waals surface area contributed by atoms with Gasteiger partial charge in [0.25, 0.3) is 0 Å². The molecule has 1 amide bonds. The van der Waals surface area contributed by atoms with E-state index in [0.717, 1.165) is 11.3 Å². The second-order valence-corrected chi connectivity index (χ2v) is 8.52. The fourth-order valence-corrected chi connectivity index (χ4v) is 3.91. The van der Waals surface area contributed by atoms with Crippen LogP contribution in [0.5, 0.6) is 0 Å². The molecule has 0 saturated carbocycles. The second-order valence-electron chi connectivity index (χ2n) is 7.58. The van der Waals surface area contributed by atoms with E-state index in [0.29, 0.717) is 22.2 Å². The molecule has 0 atom stereocenters. The molecule has 0 aliphatic rings. The molecule has 9 heteroatoms. The molecule has 1 N–H and O–H groups in total. The Morgan fingerprint density at radius 2 is 1.68 bits per heavy atom. The summed E-state index contributed by atoms with van der Waals surface area (Å²) in [6, 6.07) is 20.1. The predicted octanol–water partition coefficient (Wildman–Crippen LogP) is 4.63. The molecule has 0 spiro atoms. The Balaban J connectivity index is 1.46. The highest BCUT2D eigenvalue weighted by Crippen LogP contribution is 2.27. The molecule has 0 aliphatic carbocycles. The van der Waals surface area contributed by atoms with Gasteiger partial charge in [0, 0.05) is 29.3 Å². The zero-order chi connectivity index (χ0) is 23.9. The summed E-state index contributed by atoms with van der Waals surface area (Å²) in [5, 5.41) is 12.1. The molecule has 2 aromatic carbocycles. The van der Waals surface area contributed by atoms with Crippen LogP contribution < -0.4 is 5.32 Å². The number of para-hydroxylation sites is 1. The molecule has 0 saturated heterocycles. The number of nitrogens with one attached hydrogen (secondary N) is 1. The highest BCUT2D eigenvalue weighted by Gasteiger charge is 2.17. The number of carbonyl (C=O) groups excluding carboxylic acids is 2. The summed E-state index contributed by atoms with van der Waals surface area (Å²) in [4.78, 5) is 28.6. The van der Waals surface area contributed by atoms with E-state index in [1.165, 1.54) is 11.8 Å². The molecule has 2 heterocycles. The third-order valence-corrected chi connectivity index (χ3v) is 5.59. The van der Waals surface area contributed by atoms with Crippen molar-refractivity contribution in [1.29, 1.82) is 0 Å². The molecule has 8 nitrogen and oxygen atoms in total. The van der Waals surface area contributed by atoms with Crippen LogP contribution in [0, 0.1) is 0 Å². The highest BCUT2D eigenvalue weighted by atomic mass is 32.2. The number of pyridine rings is 1. The van der Waals surface area contributed by atoms with E-state index in [4.69, 9.17) is 4.74 Å². The van der Waals surface area contributed by atoms with E-state index < -0.39 is 5.97 Å². The van der Waals surface area contributed by atoms with Gasteiger partial charge < -0.3 is 10.1 Å². The van der Waals surface area contributed by atoms with Gasteiger partial charge in [0.15, 0.2) is 11.0 Å². The molecule has 0 fully saturated rings. The summed E-state index contributed by atoms with van der Waals surface area (Å²) in [6.07, 6.45) is 3.21. The maximum atomic E-state index is 12.6. The van der Waals surface area contributed by atoms with Gasteiger partial charge in [-0.15, -0.1) is 10.2 Å². The van der Waals surface area contributed by atoms with Crippen LogP contribution in [-0.2, 0) is 9.53 Å². The Morgan fingerprint density at radius 1 is 0.971 bits per heavy atom. The van der Waals surface area contributed by atoms with Gasteiger partial charge in [0.1, 0.15) is 0 Å². The normalized spacial score (nSPS) is 10.8. The van der Waals surface area contributed by atoms with E-state index in [1.54, 1.807) is 50.5 Å². The molecule has 0 unspecified atom stereocenters. The standard InChI is InChI=1S/C25H23N5O3S/c1-17(2)33-24(32)19-8-10-20(11-9-19)27-22(31)16-34-25-29-28-23(18-12-14-26-15-13-18)30(25)21-6-4-3-5-7-21/h3-15,17H,16H2,1-2H3,(H,27,31). The van der Waals surface area contributed by atoms with Crippen molar-refractivity contribution >= 4 is 29.3 Å². The molecule has 0 aliphatic heterocycles. The van der Waals surface area contributed by atoms with Crippen molar-refractivity contribution < 1.29 is 14.3 Å². The fraction of sp³-hybridized carbons (Fsp3) is 0.160. The minimum absolute atomic E-state index is 0.137. The van der Waals surface area contributed by atoms with Crippen LogP contribution in [-0.4, -0.2) is 43.5 Å². The topological polar surface area (TPSA) is 99.0 Å². The SMILES string of the molecule is CC(C)OC(=O)c1ccc(NC(=O)CSc2nnc(-c3ccncc3)n2-c2ccccc2)cc1. The van der Waals surface area contributed by atoms with E-state index in [1.807, 2.05) is 47.0 Å². The number of nitrogens with zero attached hydrogens (tertiary/aromatic N) is 4. The third kappa shape index (κ3) is 5.68. The lowest BCUT2D eigenvalue weighted by Gasteiger charge is -2.11. The average Bonchev–Trinajstić information content (AvgIpc) is 3.28. The van der Waals surface area contributed by atoms with Gasteiger partial charge in [0.05, 0.1) is 17.4 Å². The molecule has 0 bridgehead atoms. The minimum Gasteiger partial charge on any atom is -0.459 e. The Labute approximate surface area is 201 Å². The summed E-state index contributed by atoms with van der Waals surface area (Å²) in [5.41, 5.74) is 2.79. The number of anilines is 1. The number of benzene rings is 2. The zero-order valence-electron chi connectivity index (χ0n) is 18.7. The average molecular weight is 474 g/mol. The molecule has 0 radical (unpaired) electrons. The van der Waals surface area contributed by atoms with E-state index in [9.17, 15) is 9.59 Å². The van der Waals surface area contributed by atoms with E-state index in [2.05, 4.69) is 20.5 Å². The first-order valence-electron chi connectivity index (χ1n) is 10.7. The summed E-state index contributed by atoms with van der Waals surface area (Å²) in [7, 11) is 0. The van der Waals surface area contributed by atoms with Crippen molar-refractivity contribution in [2.75, 3.05) is 11.1 Å². The predicted molar refractivity (Wildman–Crippen MR) is 131 cm³/mol. The van der Waals surface area contributed by atoms with Crippen LogP contribution >= 0.6 is 11.8 Å². The number of hydrogen-bond donors (Lipinski definition) is 1. The number of carbonyl (C=O) groups is 2. The molecule has 4 rings (SSSR count).